The molecule has 7 heteroatoms. The first-order valence-corrected chi connectivity index (χ1v) is 10.8. The van der Waals surface area contributed by atoms with Crippen LogP contribution in [0.1, 0.15) is 5.56 Å². The summed E-state index contributed by atoms with van der Waals surface area (Å²) in [6.07, 6.45) is 0. The van der Waals surface area contributed by atoms with Crippen LogP contribution in [0, 0.1) is 6.92 Å². The molecule has 2 aromatic carbocycles. The highest BCUT2D eigenvalue weighted by molar-refractivity contribution is 9.10. The fourth-order valence-electron chi connectivity index (χ4n) is 3.33. The van der Waals surface area contributed by atoms with Crippen LogP contribution >= 0.6 is 15.9 Å². The van der Waals surface area contributed by atoms with Gasteiger partial charge in [-0.15, -0.1) is 0 Å². The topological polar surface area (TPSA) is 56.4 Å². The number of anilines is 1. The molecule has 1 saturated heterocycles. The van der Waals surface area contributed by atoms with Crippen molar-refractivity contribution in [3.63, 3.8) is 0 Å². The van der Waals surface area contributed by atoms with Crippen LogP contribution in [0.2, 0.25) is 0 Å². The molecular weight excluding hydrogens is 414 g/mol. The van der Waals surface area contributed by atoms with E-state index in [9.17, 15) is 8.42 Å². The summed E-state index contributed by atoms with van der Waals surface area (Å²) in [5, 5.41) is 1.19. The molecule has 4 rings (SSSR count). The second-order valence-corrected chi connectivity index (χ2v) is 9.44. The fraction of sp³-hybridized carbons (Fsp3) is 0.263. The minimum absolute atomic E-state index is 0.343. The number of sulfonamides is 1. The Morgan fingerprint density at radius 1 is 0.962 bits per heavy atom. The molecule has 0 radical (unpaired) electrons. The highest BCUT2D eigenvalue weighted by Crippen LogP contribution is 2.25. The van der Waals surface area contributed by atoms with Crippen LogP contribution in [0.15, 0.2) is 57.9 Å². The van der Waals surface area contributed by atoms with Gasteiger partial charge in [-0.1, -0.05) is 27.6 Å². The molecule has 1 aliphatic heterocycles. The number of nitrogens with zero attached hydrogens (tertiary/aromatic N) is 2. The number of aromatic nitrogens is 1. The van der Waals surface area contributed by atoms with E-state index in [1.165, 1.54) is 10.9 Å². The van der Waals surface area contributed by atoms with E-state index in [-0.39, 0.29) is 0 Å². The number of hydrogen-bond donors (Lipinski definition) is 1. The Morgan fingerprint density at radius 3 is 2.35 bits per heavy atom. The molecule has 0 atom stereocenters. The van der Waals surface area contributed by atoms with Crippen LogP contribution in [0.5, 0.6) is 0 Å². The van der Waals surface area contributed by atoms with Gasteiger partial charge in [0.2, 0.25) is 10.0 Å². The number of halogens is 1. The van der Waals surface area contributed by atoms with Gasteiger partial charge >= 0.3 is 0 Å². The number of nitrogens with one attached hydrogen (secondary N) is 1. The Hall–Kier alpha value is -1.83. The second kappa shape index (κ2) is 6.72. The predicted molar refractivity (Wildman–Crippen MR) is 108 cm³/mol. The van der Waals surface area contributed by atoms with E-state index >= 15 is 0 Å². The van der Waals surface area contributed by atoms with Crippen LogP contribution in [-0.4, -0.2) is 43.9 Å². The molecule has 0 spiro atoms. The molecule has 0 amide bonds. The van der Waals surface area contributed by atoms with Crippen molar-refractivity contribution in [2.75, 3.05) is 31.1 Å². The zero-order chi connectivity index (χ0) is 18.3. The maximum atomic E-state index is 12.8. The average molecular weight is 434 g/mol. The highest BCUT2D eigenvalue weighted by Gasteiger charge is 2.28. The van der Waals surface area contributed by atoms with Gasteiger partial charge in [0, 0.05) is 41.6 Å². The van der Waals surface area contributed by atoms with Crippen molar-refractivity contribution in [2.45, 2.75) is 11.8 Å². The van der Waals surface area contributed by atoms with Gasteiger partial charge in [0.25, 0.3) is 0 Å². The van der Waals surface area contributed by atoms with E-state index in [0.717, 1.165) is 15.8 Å². The Labute approximate surface area is 161 Å². The lowest BCUT2D eigenvalue weighted by atomic mass is 10.2. The minimum Gasteiger partial charge on any atom is -0.356 e. The third-order valence-electron chi connectivity index (χ3n) is 4.79. The number of fused-ring (bicyclic) bond motifs is 1. The van der Waals surface area contributed by atoms with Gasteiger partial charge in [-0.2, -0.15) is 4.31 Å². The molecule has 0 unspecified atom stereocenters. The van der Waals surface area contributed by atoms with Crippen molar-refractivity contribution in [1.29, 1.82) is 0 Å². The van der Waals surface area contributed by atoms with Crippen molar-refractivity contribution in [3.05, 3.63) is 58.6 Å². The minimum atomic E-state index is -3.44. The van der Waals surface area contributed by atoms with Gasteiger partial charge in [-0.05, 0) is 49.4 Å². The van der Waals surface area contributed by atoms with Crippen LogP contribution in [0.25, 0.3) is 10.9 Å². The fourth-order valence-corrected chi connectivity index (χ4v) is 5.02. The summed E-state index contributed by atoms with van der Waals surface area (Å²) < 4.78 is 28.0. The molecule has 1 N–H and O–H groups in total. The normalized spacial score (nSPS) is 16.3. The zero-order valence-electron chi connectivity index (χ0n) is 14.4. The SMILES string of the molecule is Cc1ccc2[nH]c(N3CCN(S(=O)(=O)c4ccc(Br)cc4)CC3)cc2c1. The lowest BCUT2D eigenvalue weighted by Gasteiger charge is -2.34. The number of H-pyrrole nitrogens is 1. The molecule has 1 fully saturated rings. The van der Waals surface area contributed by atoms with Crippen molar-refractivity contribution >= 4 is 42.7 Å². The number of aromatic amines is 1. The molecule has 0 aliphatic carbocycles. The highest BCUT2D eigenvalue weighted by atomic mass is 79.9. The standard InChI is InChI=1S/C19H20BrN3O2S/c1-14-2-7-18-15(12-14)13-19(21-18)22-8-10-23(11-9-22)26(24,25)17-5-3-16(20)4-6-17/h2-7,12-13,21H,8-11H2,1H3. The van der Waals surface area contributed by atoms with Crippen molar-refractivity contribution in [2.24, 2.45) is 0 Å². The molecule has 0 saturated carbocycles. The number of hydrogen-bond acceptors (Lipinski definition) is 3. The Balaban J connectivity index is 1.50. The lowest BCUT2D eigenvalue weighted by Crippen LogP contribution is -2.48. The summed E-state index contributed by atoms with van der Waals surface area (Å²) >= 11 is 3.34. The van der Waals surface area contributed by atoms with Crippen LogP contribution in [-0.2, 0) is 10.0 Å². The quantitative estimate of drug-likeness (QED) is 0.683. The summed E-state index contributed by atoms with van der Waals surface area (Å²) in [5.74, 6) is 1.05. The summed E-state index contributed by atoms with van der Waals surface area (Å²) in [7, 11) is -3.44. The molecule has 5 nitrogen and oxygen atoms in total. The first-order chi connectivity index (χ1) is 12.4. The van der Waals surface area contributed by atoms with Gasteiger partial charge in [0.1, 0.15) is 5.82 Å². The maximum Gasteiger partial charge on any atom is 0.243 e. The first kappa shape index (κ1) is 17.6. The van der Waals surface area contributed by atoms with E-state index in [1.807, 2.05) is 0 Å². The van der Waals surface area contributed by atoms with Crippen LogP contribution in [0.4, 0.5) is 5.82 Å². The van der Waals surface area contributed by atoms with Gasteiger partial charge < -0.3 is 9.88 Å². The van der Waals surface area contributed by atoms with Crippen LogP contribution < -0.4 is 4.90 Å². The lowest BCUT2D eigenvalue weighted by molar-refractivity contribution is 0.384. The van der Waals surface area contributed by atoms with Crippen LogP contribution in [0.3, 0.4) is 0 Å². The van der Waals surface area contributed by atoms with Gasteiger partial charge in [-0.3, -0.25) is 0 Å². The third kappa shape index (κ3) is 3.26. The number of aryl methyl sites for hydroxylation is 1. The largest absolute Gasteiger partial charge is 0.356 e. The van der Waals surface area contributed by atoms with Gasteiger partial charge in [0.05, 0.1) is 4.90 Å². The third-order valence-corrected chi connectivity index (χ3v) is 7.23. The number of benzene rings is 2. The molecule has 1 aromatic heterocycles. The molecule has 0 bridgehead atoms. The van der Waals surface area contributed by atoms with E-state index in [4.69, 9.17) is 0 Å². The molecule has 26 heavy (non-hydrogen) atoms. The summed E-state index contributed by atoms with van der Waals surface area (Å²) in [6.45, 7) is 4.38. The molecule has 1 aliphatic rings. The molecular formula is C19H20BrN3O2S. The first-order valence-electron chi connectivity index (χ1n) is 8.53. The predicted octanol–water partition coefficient (Wildman–Crippen LogP) is 3.75. The molecule has 2 heterocycles. The van der Waals surface area contributed by atoms with Gasteiger partial charge in [0.15, 0.2) is 0 Å². The maximum absolute atomic E-state index is 12.8. The van der Waals surface area contributed by atoms with Gasteiger partial charge in [-0.25, -0.2) is 8.42 Å². The molecule has 3 aromatic rings. The van der Waals surface area contributed by atoms with Crippen molar-refractivity contribution in [3.8, 4) is 0 Å². The number of piperazine rings is 1. The Bertz CT molecular complexity index is 1040. The summed E-state index contributed by atoms with van der Waals surface area (Å²) in [6, 6.07) is 15.3. The van der Waals surface area contributed by atoms with E-state index in [1.54, 1.807) is 28.6 Å². The van der Waals surface area contributed by atoms with E-state index in [0.29, 0.717) is 31.1 Å². The molecule has 136 valence electrons. The summed E-state index contributed by atoms with van der Waals surface area (Å²) in [5.41, 5.74) is 2.34. The van der Waals surface area contributed by atoms with E-state index < -0.39 is 10.0 Å². The number of rotatable bonds is 3. The zero-order valence-corrected chi connectivity index (χ0v) is 16.8. The summed E-state index contributed by atoms with van der Waals surface area (Å²) in [4.78, 5) is 5.99. The van der Waals surface area contributed by atoms with E-state index in [2.05, 4.69) is 57.0 Å². The van der Waals surface area contributed by atoms with Crippen molar-refractivity contribution in [1.82, 2.24) is 9.29 Å². The second-order valence-electron chi connectivity index (χ2n) is 6.59. The smallest absolute Gasteiger partial charge is 0.243 e. The van der Waals surface area contributed by atoms with Crippen molar-refractivity contribution < 1.29 is 8.42 Å². The monoisotopic (exact) mass is 433 g/mol. The Morgan fingerprint density at radius 2 is 1.65 bits per heavy atom. The average Bonchev–Trinajstić information content (AvgIpc) is 3.05. The Kier molecular flexibility index (Phi) is 4.54.